The monoisotopic (exact) mass is 202 g/mol. The summed E-state index contributed by atoms with van der Waals surface area (Å²) in [5.74, 6) is 0.653. The molecule has 0 aliphatic heterocycles. The third-order valence-electron chi connectivity index (χ3n) is 2.91. The zero-order chi connectivity index (χ0) is 11.3. The lowest BCUT2D eigenvalue weighted by atomic mass is 10.0. The molecule has 1 N–H and O–H groups in total. The van der Waals surface area contributed by atoms with Crippen LogP contribution in [0, 0.1) is 17.2 Å². The van der Waals surface area contributed by atoms with Crippen LogP contribution in [-0.2, 0) is 0 Å². The number of nitrogens with one attached hydrogen (secondary N) is 1. The van der Waals surface area contributed by atoms with Crippen molar-refractivity contribution in [2.75, 3.05) is 5.32 Å². The first kappa shape index (κ1) is 11.6. The minimum absolute atomic E-state index is 0.461. The molecule has 0 radical (unpaired) electrons. The summed E-state index contributed by atoms with van der Waals surface area (Å²) < 4.78 is 0. The summed E-state index contributed by atoms with van der Waals surface area (Å²) >= 11 is 0. The molecule has 0 aliphatic carbocycles. The number of nitrogens with zero attached hydrogens (tertiary/aromatic N) is 1. The second-order valence-corrected chi connectivity index (χ2v) is 4.01. The number of hydrogen-bond donors (Lipinski definition) is 1. The SMILES string of the molecule is CC[C@@H](C)[C@H](C)Nc1ccc(C#N)cc1. The summed E-state index contributed by atoms with van der Waals surface area (Å²) in [4.78, 5) is 0. The predicted molar refractivity (Wildman–Crippen MR) is 63.7 cm³/mol. The first-order chi connectivity index (χ1) is 7.17. The fourth-order valence-corrected chi connectivity index (χ4v) is 1.40. The van der Waals surface area contributed by atoms with Crippen molar-refractivity contribution in [3.8, 4) is 6.07 Å². The molecule has 15 heavy (non-hydrogen) atoms. The van der Waals surface area contributed by atoms with E-state index in [0.717, 1.165) is 5.69 Å². The van der Waals surface area contributed by atoms with Crippen molar-refractivity contribution < 1.29 is 0 Å². The highest BCUT2D eigenvalue weighted by Crippen LogP contribution is 2.15. The van der Waals surface area contributed by atoms with Crippen LogP contribution in [0.25, 0.3) is 0 Å². The van der Waals surface area contributed by atoms with Crippen LogP contribution in [-0.4, -0.2) is 6.04 Å². The average molecular weight is 202 g/mol. The molecule has 0 aliphatic rings. The number of nitriles is 1. The summed E-state index contributed by atoms with van der Waals surface area (Å²) in [5.41, 5.74) is 1.79. The molecule has 0 bridgehead atoms. The van der Waals surface area contributed by atoms with Crippen molar-refractivity contribution in [2.45, 2.75) is 33.2 Å². The maximum Gasteiger partial charge on any atom is 0.0991 e. The van der Waals surface area contributed by atoms with Gasteiger partial charge in [-0.15, -0.1) is 0 Å². The van der Waals surface area contributed by atoms with E-state index < -0.39 is 0 Å². The third kappa shape index (κ3) is 3.28. The smallest absolute Gasteiger partial charge is 0.0991 e. The Balaban J connectivity index is 2.61. The van der Waals surface area contributed by atoms with E-state index in [1.165, 1.54) is 6.42 Å². The van der Waals surface area contributed by atoms with Gasteiger partial charge >= 0.3 is 0 Å². The molecule has 0 amide bonds. The maximum atomic E-state index is 8.67. The molecular formula is C13H18N2. The minimum atomic E-state index is 0.461. The van der Waals surface area contributed by atoms with E-state index in [9.17, 15) is 0 Å². The van der Waals surface area contributed by atoms with Crippen molar-refractivity contribution in [1.29, 1.82) is 5.26 Å². The normalized spacial score (nSPS) is 14.0. The van der Waals surface area contributed by atoms with Crippen LogP contribution in [0.3, 0.4) is 0 Å². The van der Waals surface area contributed by atoms with Gasteiger partial charge < -0.3 is 5.32 Å². The summed E-state index contributed by atoms with van der Waals surface area (Å²) in [6.45, 7) is 6.62. The minimum Gasteiger partial charge on any atom is -0.382 e. The van der Waals surface area contributed by atoms with E-state index >= 15 is 0 Å². The van der Waals surface area contributed by atoms with Crippen LogP contribution in [0.4, 0.5) is 5.69 Å². The van der Waals surface area contributed by atoms with Gasteiger partial charge in [0.15, 0.2) is 0 Å². The molecule has 1 aromatic rings. The molecule has 2 nitrogen and oxygen atoms in total. The standard InChI is InChI=1S/C13H18N2/c1-4-10(2)11(3)15-13-7-5-12(9-14)6-8-13/h5-8,10-11,15H,4H2,1-3H3/t10-,11+/m1/s1. The topological polar surface area (TPSA) is 35.8 Å². The van der Waals surface area contributed by atoms with E-state index in [1.54, 1.807) is 0 Å². The summed E-state index contributed by atoms with van der Waals surface area (Å²) in [5, 5.41) is 12.1. The van der Waals surface area contributed by atoms with E-state index in [-0.39, 0.29) is 0 Å². The molecule has 0 spiro atoms. The second-order valence-electron chi connectivity index (χ2n) is 4.01. The van der Waals surface area contributed by atoms with Crippen LogP contribution < -0.4 is 5.32 Å². The summed E-state index contributed by atoms with van der Waals surface area (Å²) in [6, 6.07) is 10.2. The second kappa shape index (κ2) is 5.41. The predicted octanol–water partition coefficient (Wildman–Crippen LogP) is 3.40. The van der Waals surface area contributed by atoms with Crippen LogP contribution in [0.15, 0.2) is 24.3 Å². The highest BCUT2D eigenvalue weighted by Gasteiger charge is 2.09. The number of hydrogen-bond acceptors (Lipinski definition) is 2. The Morgan fingerprint density at radius 2 is 1.87 bits per heavy atom. The molecule has 0 heterocycles. The summed E-state index contributed by atoms with van der Waals surface area (Å²) in [6.07, 6.45) is 1.17. The lowest BCUT2D eigenvalue weighted by molar-refractivity contribution is 0.494. The molecule has 80 valence electrons. The first-order valence-corrected chi connectivity index (χ1v) is 5.44. The van der Waals surface area contributed by atoms with E-state index in [1.807, 2.05) is 24.3 Å². The molecule has 0 unspecified atom stereocenters. The first-order valence-electron chi connectivity index (χ1n) is 5.44. The highest BCUT2D eigenvalue weighted by molar-refractivity contribution is 5.47. The highest BCUT2D eigenvalue weighted by atomic mass is 14.9. The van der Waals surface area contributed by atoms with Gasteiger partial charge in [-0.1, -0.05) is 20.3 Å². The molecule has 1 aromatic carbocycles. The lowest BCUT2D eigenvalue weighted by Gasteiger charge is -2.21. The van der Waals surface area contributed by atoms with Crippen LogP contribution in [0.2, 0.25) is 0 Å². The van der Waals surface area contributed by atoms with Crippen molar-refractivity contribution >= 4 is 5.69 Å². The average Bonchev–Trinajstić information content (AvgIpc) is 2.29. The Bertz CT molecular complexity index is 335. The molecule has 0 fully saturated rings. The molecular weight excluding hydrogens is 184 g/mol. The van der Waals surface area contributed by atoms with Gasteiger partial charge in [0.1, 0.15) is 0 Å². The van der Waals surface area contributed by atoms with Crippen LogP contribution in [0.1, 0.15) is 32.8 Å². The lowest BCUT2D eigenvalue weighted by Crippen LogP contribution is -2.23. The van der Waals surface area contributed by atoms with Gasteiger partial charge in [0.2, 0.25) is 0 Å². The van der Waals surface area contributed by atoms with E-state index in [0.29, 0.717) is 17.5 Å². The molecule has 0 aromatic heterocycles. The fourth-order valence-electron chi connectivity index (χ4n) is 1.40. The van der Waals surface area contributed by atoms with E-state index in [4.69, 9.17) is 5.26 Å². The fraction of sp³-hybridized carbons (Fsp3) is 0.462. The Kier molecular flexibility index (Phi) is 4.17. The molecule has 0 saturated carbocycles. The van der Waals surface area contributed by atoms with Crippen molar-refractivity contribution in [1.82, 2.24) is 0 Å². The maximum absolute atomic E-state index is 8.67. The third-order valence-corrected chi connectivity index (χ3v) is 2.91. The van der Waals surface area contributed by atoms with Crippen LogP contribution >= 0.6 is 0 Å². The Hall–Kier alpha value is -1.49. The Morgan fingerprint density at radius 1 is 1.27 bits per heavy atom. The number of rotatable bonds is 4. The van der Waals surface area contributed by atoms with Crippen molar-refractivity contribution in [2.24, 2.45) is 5.92 Å². The molecule has 2 atom stereocenters. The molecule has 2 heteroatoms. The van der Waals surface area contributed by atoms with Gasteiger partial charge in [-0.2, -0.15) is 5.26 Å². The van der Waals surface area contributed by atoms with Gasteiger partial charge in [-0.25, -0.2) is 0 Å². The van der Waals surface area contributed by atoms with Crippen molar-refractivity contribution in [3.63, 3.8) is 0 Å². The van der Waals surface area contributed by atoms with Gasteiger partial charge in [-0.05, 0) is 37.1 Å². The Labute approximate surface area is 91.9 Å². The zero-order valence-electron chi connectivity index (χ0n) is 9.62. The Morgan fingerprint density at radius 3 is 2.33 bits per heavy atom. The van der Waals surface area contributed by atoms with Crippen molar-refractivity contribution in [3.05, 3.63) is 29.8 Å². The number of benzene rings is 1. The van der Waals surface area contributed by atoms with Gasteiger partial charge in [0.05, 0.1) is 11.6 Å². The largest absolute Gasteiger partial charge is 0.382 e. The van der Waals surface area contributed by atoms with Gasteiger partial charge in [0, 0.05) is 11.7 Å². The molecule has 1 rings (SSSR count). The zero-order valence-corrected chi connectivity index (χ0v) is 9.62. The van der Waals surface area contributed by atoms with Gasteiger partial charge in [-0.3, -0.25) is 0 Å². The molecule has 0 saturated heterocycles. The number of anilines is 1. The summed E-state index contributed by atoms with van der Waals surface area (Å²) in [7, 11) is 0. The quantitative estimate of drug-likeness (QED) is 0.812. The van der Waals surface area contributed by atoms with E-state index in [2.05, 4.69) is 32.2 Å². The van der Waals surface area contributed by atoms with Crippen LogP contribution in [0.5, 0.6) is 0 Å². The van der Waals surface area contributed by atoms with Gasteiger partial charge in [0.25, 0.3) is 0 Å².